The van der Waals surface area contributed by atoms with Gasteiger partial charge in [0, 0.05) is 21.8 Å². The molecule has 0 bridgehead atoms. The van der Waals surface area contributed by atoms with E-state index in [1.165, 1.54) is 11.3 Å². The fourth-order valence-corrected chi connectivity index (χ4v) is 3.60. The molecule has 146 valence electrons. The van der Waals surface area contributed by atoms with E-state index in [4.69, 9.17) is 21.6 Å². The van der Waals surface area contributed by atoms with Gasteiger partial charge in [-0.05, 0) is 31.2 Å². The molecule has 2 rings (SSSR count). The largest absolute Gasteiger partial charge is 0.457 e. The van der Waals surface area contributed by atoms with Crippen LogP contribution in [-0.4, -0.2) is 40.8 Å². The first-order valence-electron chi connectivity index (χ1n) is 8.02. The lowest BCUT2D eigenvalue weighted by Gasteiger charge is -2.07. The first-order chi connectivity index (χ1) is 13.4. The molecule has 7 nitrogen and oxygen atoms in total. The van der Waals surface area contributed by atoms with Crippen LogP contribution >= 0.6 is 34.7 Å². The van der Waals surface area contributed by atoms with Gasteiger partial charge in [0.1, 0.15) is 5.01 Å². The highest BCUT2D eigenvalue weighted by molar-refractivity contribution is 8.00. The molecule has 0 aliphatic heterocycles. The molecule has 1 atom stereocenters. The average Bonchev–Trinajstić information content (AvgIpc) is 3.08. The number of anilines is 1. The smallest absolute Gasteiger partial charge is 0.316 e. The van der Waals surface area contributed by atoms with Gasteiger partial charge >= 0.3 is 5.97 Å². The van der Waals surface area contributed by atoms with Crippen molar-refractivity contribution in [1.29, 1.82) is 5.26 Å². The minimum Gasteiger partial charge on any atom is -0.457 e. The minimum atomic E-state index is -1.05. The van der Waals surface area contributed by atoms with E-state index in [0.717, 1.165) is 17.5 Å². The number of ketones is 1. The Kier molecular flexibility index (Phi) is 8.44. The summed E-state index contributed by atoms with van der Waals surface area (Å²) in [4.78, 5) is 39.8. The number of hydrogen-bond acceptors (Lipinski definition) is 8. The monoisotopic (exact) mass is 437 g/mol. The van der Waals surface area contributed by atoms with Crippen LogP contribution in [0.15, 0.2) is 29.6 Å². The number of amides is 1. The van der Waals surface area contributed by atoms with Crippen molar-refractivity contribution in [2.75, 3.05) is 23.4 Å². The highest BCUT2D eigenvalue weighted by Crippen LogP contribution is 2.21. The molecular weight excluding hydrogens is 422 g/mol. The van der Waals surface area contributed by atoms with Gasteiger partial charge in [0.15, 0.2) is 18.3 Å². The van der Waals surface area contributed by atoms with E-state index in [2.05, 4.69) is 10.3 Å². The molecule has 1 aromatic heterocycles. The normalized spacial score (nSPS) is 11.3. The Labute approximate surface area is 175 Å². The summed E-state index contributed by atoms with van der Waals surface area (Å²) in [6.07, 6.45) is 0. The highest BCUT2D eigenvalue weighted by Gasteiger charge is 2.24. The number of nitrogens with zero attached hydrogens (tertiary/aromatic N) is 2. The minimum absolute atomic E-state index is 0.0465. The van der Waals surface area contributed by atoms with E-state index < -0.39 is 24.3 Å². The Hall–Kier alpha value is -2.41. The van der Waals surface area contributed by atoms with Crippen molar-refractivity contribution in [1.82, 2.24) is 4.98 Å². The van der Waals surface area contributed by atoms with Gasteiger partial charge in [0.2, 0.25) is 5.91 Å². The number of esters is 1. The molecular formula is C18H16ClN3O4S2. The topological polar surface area (TPSA) is 109 Å². The van der Waals surface area contributed by atoms with E-state index in [-0.39, 0.29) is 17.4 Å². The van der Waals surface area contributed by atoms with Crippen LogP contribution in [0.5, 0.6) is 0 Å². The van der Waals surface area contributed by atoms with Crippen molar-refractivity contribution in [3.05, 3.63) is 45.4 Å². The molecule has 1 heterocycles. The fraction of sp³-hybridized carbons (Fsp3) is 0.278. The molecule has 1 aromatic carbocycles. The average molecular weight is 438 g/mol. The number of carbonyl (C=O) groups is 3. The molecule has 28 heavy (non-hydrogen) atoms. The first kappa shape index (κ1) is 21.9. The maximum Gasteiger partial charge on any atom is 0.316 e. The number of hydrogen-bond donors (Lipinski definition) is 1. The number of halogens is 1. The third-order valence-electron chi connectivity index (χ3n) is 3.29. The summed E-state index contributed by atoms with van der Waals surface area (Å²) >= 11 is 8.04. The van der Waals surface area contributed by atoms with Crippen molar-refractivity contribution in [2.45, 2.75) is 12.8 Å². The van der Waals surface area contributed by atoms with Crippen molar-refractivity contribution in [3.63, 3.8) is 0 Å². The van der Waals surface area contributed by atoms with Crippen LogP contribution in [0.25, 0.3) is 0 Å². The fourth-order valence-electron chi connectivity index (χ4n) is 2.00. The SMILES string of the molecule is Cc1csc(C(C#N)C(=O)COC(=O)CSCC(=O)Nc2ccc(Cl)cc2)n1. The van der Waals surface area contributed by atoms with E-state index in [0.29, 0.717) is 15.7 Å². The zero-order valence-corrected chi connectivity index (χ0v) is 17.2. The molecule has 1 unspecified atom stereocenters. The van der Waals surface area contributed by atoms with Gasteiger partial charge in [-0.2, -0.15) is 5.26 Å². The van der Waals surface area contributed by atoms with E-state index in [9.17, 15) is 14.4 Å². The van der Waals surface area contributed by atoms with Gasteiger partial charge in [-0.15, -0.1) is 23.1 Å². The predicted octanol–water partition coefficient (Wildman–Crippen LogP) is 3.20. The standard InChI is InChI=1S/C18H16ClN3O4S2/c1-11-8-28-18(21-11)14(6-20)15(23)7-26-17(25)10-27-9-16(24)22-13-4-2-12(19)3-5-13/h2-5,8,14H,7,9-10H2,1H3,(H,22,24). The van der Waals surface area contributed by atoms with Gasteiger partial charge < -0.3 is 10.1 Å². The summed E-state index contributed by atoms with van der Waals surface area (Å²) in [7, 11) is 0. The number of carbonyl (C=O) groups excluding carboxylic acids is 3. The van der Waals surface area contributed by atoms with E-state index in [1.54, 1.807) is 36.6 Å². The zero-order chi connectivity index (χ0) is 20.5. The molecule has 1 N–H and O–H groups in total. The molecule has 0 radical (unpaired) electrons. The zero-order valence-electron chi connectivity index (χ0n) is 14.8. The number of benzene rings is 1. The van der Waals surface area contributed by atoms with Gasteiger partial charge in [0.05, 0.1) is 17.6 Å². The van der Waals surface area contributed by atoms with Gasteiger partial charge in [-0.3, -0.25) is 14.4 Å². The second kappa shape index (κ2) is 10.8. The number of nitriles is 1. The van der Waals surface area contributed by atoms with Crippen LogP contribution in [0.2, 0.25) is 5.02 Å². The van der Waals surface area contributed by atoms with Crippen LogP contribution < -0.4 is 5.32 Å². The summed E-state index contributed by atoms with van der Waals surface area (Å²) in [6, 6.07) is 8.52. The van der Waals surface area contributed by atoms with Crippen molar-refractivity contribution in [2.24, 2.45) is 0 Å². The maximum absolute atomic E-state index is 12.1. The van der Waals surface area contributed by atoms with Crippen molar-refractivity contribution >= 4 is 58.0 Å². The van der Waals surface area contributed by atoms with Gasteiger partial charge in [-0.1, -0.05) is 11.6 Å². The number of thiazole rings is 1. The Morgan fingerprint density at radius 3 is 2.64 bits per heavy atom. The molecule has 2 aromatic rings. The Morgan fingerprint density at radius 1 is 1.32 bits per heavy atom. The molecule has 0 saturated carbocycles. The van der Waals surface area contributed by atoms with Gasteiger partial charge in [-0.25, -0.2) is 4.98 Å². The number of thioether (sulfide) groups is 1. The second-order valence-corrected chi connectivity index (χ2v) is 7.88. The lowest BCUT2D eigenvalue weighted by molar-refractivity contribution is -0.145. The molecule has 0 saturated heterocycles. The van der Waals surface area contributed by atoms with Gasteiger partial charge in [0.25, 0.3) is 0 Å². The third kappa shape index (κ3) is 6.96. The summed E-state index contributed by atoms with van der Waals surface area (Å²) in [5, 5.41) is 14.5. The van der Waals surface area contributed by atoms with Crippen LogP contribution in [0.4, 0.5) is 5.69 Å². The number of nitrogens with one attached hydrogen (secondary N) is 1. The second-order valence-electron chi connectivity index (χ2n) is 5.56. The summed E-state index contributed by atoms with van der Waals surface area (Å²) in [5.41, 5.74) is 1.32. The predicted molar refractivity (Wildman–Crippen MR) is 109 cm³/mol. The molecule has 0 fully saturated rings. The van der Waals surface area contributed by atoms with E-state index in [1.807, 2.05) is 6.07 Å². The van der Waals surface area contributed by atoms with Crippen LogP contribution in [0.3, 0.4) is 0 Å². The summed E-state index contributed by atoms with van der Waals surface area (Å²) in [5.74, 6) is -2.54. The Morgan fingerprint density at radius 2 is 2.04 bits per heavy atom. The number of aromatic nitrogens is 1. The summed E-state index contributed by atoms with van der Waals surface area (Å²) in [6.45, 7) is 1.26. The number of rotatable bonds is 9. The maximum atomic E-state index is 12.1. The molecule has 10 heteroatoms. The number of Topliss-reactive ketones (excluding diaryl/α,β-unsaturated/α-hetero) is 1. The van der Waals surface area contributed by atoms with E-state index >= 15 is 0 Å². The first-order valence-corrected chi connectivity index (χ1v) is 10.4. The number of ether oxygens (including phenoxy) is 1. The van der Waals surface area contributed by atoms with Crippen LogP contribution in [-0.2, 0) is 19.1 Å². The summed E-state index contributed by atoms with van der Waals surface area (Å²) < 4.78 is 4.90. The Balaban J connectivity index is 1.69. The molecule has 0 spiro atoms. The molecule has 0 aliphatic rings. The van der Waals surface area contributed by atoms with Crippen molar-refractivity contribution in [3.8, 4) is 6.07 Å². The van der Waals surface area contributed by atoms with Crippen LogP contribution in [0, 0.1) is 18.3 Å². The van der Waals surface area contributed by atoms with Crippen molar-refractivity contribution < 1.29 is 19.1 Å². The van der Waals surface area contributed by atoms with Crippen LogP contribution in [0.1, 0.15) is 16.6 Å². The Bertz CT molecular complexity index is 893. The number of aryl methyl sites for hydroxylation is 1. The molecule has 0 aliphatic carbocycles. The lowest BCUT2D eigenvalue weighted by Crippen LogP contribution is -2.21. The third-order valence-corrected chi connectivity index (χ3v) is 5.48. The quantitative estimate of drug-likeness (QED) is 0.600. The molecule has 1 amide bonds. The highest BCUT2D eigenvalue weighted by atomic mass is 35.5. The lowest BCUT2D eigenvalue weighted by atomic mass is 10.1.